The van der Waals surface area contributed by atoms with Gasteiger partial charge in [0, 0.05) is 13.5 Å². The van der Waals surface area contributed by atoms with Gasteiger partial charge in [0.15, 0.2) is 0 Å². The zero-order valence-electron chi connectivity index (χ0n) is 15.8. The molecule has 5 nitrogen and oxygen atoms in total. The normalized spacial score (nSPS) is 13.0. The Labute approximate surface area is 155 Å². The van der Waals surface area contributed by atoms with Gasteiger partial charge in [0.2, 0.25) is 5.91 Å². The molecular formula is C21H27NO4. The molecule has 5 heteroatoms. The first kappa shape index (κ1) is 19.8. The summed E-state index contributed by atoms with van der Waals surface area (Å²) in [7, 11) is 4.95. The molecule has 2 unspecified atom stereocenters. The van der Waals surface area contributed by atoms with E-state index < -0.39 is 6.10 Å². The molecule has 0 aliphatic rings. The molecule has 2 aromatic rings. The lowest BCUT2D eigenvalue weighted by molar-refractivity contribution is -0.131. The fraction of sp³-hybridized carbons (Fsp3) is 0.381. The number of likely N-dealkylation sites (N-methyl/N-ethyl adjacent to an activating group) is 1. The Morgan fingerprint density at radius 2 is 1.42 bits per heavy atom. The molecule has 0 saturated carbocycles. The van der Waals surface area contributed by atoms with Crippen LogP contribution in [0.3, 0.4) is 0 Å². The van der Waals surface area contributed by atoms with Crippen molar-refractivity contribution >= 4 is 5.91 Å². The van der Waals surface area contributed by atoms with Crippen molar-refractivity contribution in [3.05, 3.63) is 59.7 Å². The number of aliphatic hydroxyl groups is 1. The van der Waals surface area contributed by atoms with Gasteiger partial charge in [0.05, 0.1) is 26.9 Å². The summed E-state index contributed by atoms with van der Waals surface area (Å²) >= 11 is 0. The number of benzene rings is 2. The third-order valence-electron chi connectivity index (χ3n) is 4.54. The summed E-state index contributed by atoms with van der Waals surface area (Å²) in [5, 5.41) is 10.4. The zero-order chi connectivity index (χ0) is 19.1. The second-order valence-corrected chi connectivity index (χ2v) is 6.44. The molecule has 2 rings (SSSR count). The fourth-order valence-electron chi connectivity index (χ4n) is 2.76. The van der Waals surface area contributed by atoms with E-state index in [9.17, 15) is 9.90 Å². The summed E-state index contributed by atoms with van der Waals surface area (Å²) in [6.07, 6.45) is -0.343. The van der Waals surface area contributed by atoms with E-state index in [1.54, 1.807) is 38.3 Å². The van der Waals surface area contributed by atoms with Crippen LogP contribution in [0.1, 0.15) is 36.5 Å². The molecule has 140 valence electrons. The minimum atomic E-state index is -0.730. The molecule has 2 aromatic carbocycles. The zero-order valence-corrected chi connectivity index (χ0v) is 15.8. The van der Waals surface area contributed by atoms with Gasteiger partial charge in [-0.15, -0.1) is 0 Å². The maximum Gasteiger partial charge on any atom is 0.223 e. The van der Waals surface area contributed by atoms with E-state index in [0.717, 1.165) is 22.6 Å². The first-order valence-corrected chi connectivity index (χ1v) is 8.64. The van der Waals surface area contributed by atoms with E-state index in [1.807, 2.05) is 43.3 Å². The second-order valence-electron chi connectivity index (χ2n) is 6.44. The summed E-state index contributed by atoms with van der Waals surface area (Å²) in [6, 6.07) is 15.0. The van der Waals surface area contributed by atoms with Crippen LogP contribution in [-0.2, 0) is 4.79 Å². The first-order valence-electron chi connectivity index (χ1n) is 8.64. The van der Waals surface area contributed by atoms with Gasteiger partial charge in [-0.25, -0.2) is 0 Å². The quantitative estimate of drug-likeness (QED) is 0.787. The average molecular weight is 357 g/mol. The van der Waals surface area contributed by atoms with Crippen molar-refractivity contribution in [1.29, 1.82) is 0 Å². The Hall–Kier alpha value is -2.53. The number of rotatable bonds is 8. The van der Waals surface area contributed by atoms with Crippen molar-refractivity contribution in [2.24, 2.45) is 0 Å². The summed E-state index contributed by atoms with van der Waals surface area (Å²) in [6.45, 7) is 2.27. The highest BCUT2D eigenvalue weighted by molar-refractivity contribution is 5.76. The third kappa shape index (κ3) is 5.23. The molecule has 0 fully saturated rings. The Morgan fingerprint density at radius 3 is 1.88 bits per heavy atom. The monoisotopic (exact) mass is 357 g/mol. The largest absolute Gasteiger partial charge is 0.497 e. The SMILES string of the molecule is COc1ccc(C(C)CC(=O)N(C)CC(O)c2ccc(OC)cc2)cc1. The van der Waals surface area contributed by atoms with Gasteiger partial charge in [0.25, 0.3) is 0 Å². The van der Waals surface area contributed by atoms with Crippen LogP contribution in [0.15, 0.2) is 48.5 Å². The van der Waals surface area contributed by atoms with Gasteiger partial charge < -0.3 is 19.5 Å². The summed E-state index contributed by atoms with van der Waals surface area (Å²) in [5.41, 5.74) is 1.84. The molecular weight excluding hydrogens is 330 g/mol. The second kappa shape index (κ2) is 9.25. The van der Waals surface area contributed by atoms with E-state index in [-0.39, 0.29) is 18.4 Å². The van der Waals surface area contributed by atoms with Crippen molar-refractivity contribution in [2.45, 2.75) is 25.4 Å². The number of nitrogens with zero attached hydrogens (tertiary/aromatic N) is 1. The molecule has 0 aliphatic heterocycles. The van der Waals surface area contributed by atoms with Gasteiger partial charge in [-0.3, -0.25) is 4.79 Å². The average Bonchev–Trinajstić information content (AvgIpc) is 2.67. The van der Waals surface area contributed by atoms with Crippen LogP contribution < -0.4 is 9.47 Å². The predicted molar refractivity (Wildman–Crippen MR) is 102 cm³/mol. The van der Waals surface area contributed by atoms with Crippen LogP contribution in [-0.4, -0.2) is 43.7 Å². The van der Waals surface area contributed by atoms with Crippen LogP contribution in [0, 0.1) is 0 Å². The highest BCUT2D eigenvalue weighted by Gasteiger charge is 2.18. The minimum absolute atomic E-state index is 0.000815. The number of ether oxygens (including phenoxy) is 2. The molecule has 1 N–H and O–H groups in total. The van der Waals surface area contributed by atoms with Crippen LogP contribution in [0.25, 0.3) is 0 Å². The molecule has 0 bridgehead atoms. The Morgan fingerprint density at radius 1 is 0.962 bits per heavy atom. The third-order valence-corrected chi connectivity index (χ3v) is 4.54. The lowest BCUT2D eigenvalue weighted by atomic mass is 9.97. The lowest BCUT2D eigenvalue weighted by Crippen LogP contribution is -2.31. The molecule has 2 atom stereocenters. The van der Waals surface area contributed by atoms with E-state index >= 15 is 0 Å². The Bertz CT molecular complexity index is 697. The maximum absolute atomic E-state index is 12.5. The van der Waals surface area contributed by atoms with Gasteiger partial charge in [-0.2, -0.15) is 0 Å². The van der Waals surface area contributed by atoms with E-state index in [0.29, 0.717) is 6.42 Å². The van der Waals surface area contributed by atoms with Gasteiger partial charge >= 0.3 is 0 Å². The van der Waals surface area contributed by atoms with Crippen molar-refractivity contribution in [3.63, 3.8) is 0 Å². The molecule has 0 saturated heterocycles. The lowest BCUT2D eigenvalue weighted by Gasteiger charge is -2.23. The number of amides is 1. The summed E-state index contributed by atoms with van der Waals surface area (Å²) in [5.74, 6) is 1.63. The van der Waals surface area contributed by atoms with E-state index in [2.05, 4.69) is 0 Å². The van der Waals surface area contributed by atoms with Gasteiger partial charge in [-0.1, -0.05) is 31.2 Å². The number of hydrogen-bond acceptors (Lipinski definition) is 4. The molecule has 0 heterocycles. The summed E-state index contributed by atoms with van der Waals surface area (Å²) in [4.78, 5) is 14.1. The fourth-order valence-corrected chi connectivity index (χ4v) is 2.76. The number of methoxy groups -OCH3 is 2. The molecule has 26 heavy (non-hydrogen) atoms. The number of hydrogen-bond donors (Lipinski definition) is 1. The molecule has 0 aliphatic carbocycles. The smallest absolute Gasteiger partial charge is 0.223 e. The topological polar surface area (TPSA) is 59.0 Å². The standard InChI is InChI=1S/C21H27NO4/c1-15(16-5-9-18(25-3)10-6-16)13-21(24)22(2)14-20(23)17-7-11-19(26-4)12-8-17/h5-12,15,20,23H,13-14H2,1-4H3. The van der Waals surface area contributed by atoms with Gasteiger partial charge in [0.1, 0.15) is 11.5 Å². The summed E-state index contributed by atoms with van der Waals surface area (Å²) < 4.78 is 10.3. The molecule has 0 spiro atoms. The molecule has 0 radical (unpaired) electrons. The van der Waals surface area contributed by atoms with Crippen LogP contribution in [0.2, 0.25) is 0 Å². The Balaban J connectivity index is 1.90. The first-order chi connectivity index (χ1) is 12.4. The van der Waals surface area contributed by atoms with Crippen molar-refractivity contribution in [2.75, 3.05) is 27.8 Å². The van der Waals surface area contributed by atoms with Crippen molar-refractivity contribution in [1.82, 2.24) is 4.90 Å². The van der Waals surface area contributed by atoms with Crippen LogP contribution in [0.4, 0.5) is 0 Å². The maximum atomic E-state index is 12.5. The minimum Gasteiger partial charge on any atom is -0.497 e. The van der Waals surface area contributed by atoms with Crippen molar-refractivity contribution < 1.29 is 19.4 Å². The van der Waals surface area contributed by atoms with E-state index in [4.69, 9.17) is 9.47 Å². The predicted octanol–water partition coefficient (Wildman–Crippen LogP) is 3.39. The number of carbonyl (C=O) groups excluding carboxylic acids is 1. The van der Waals surface area contributed by atoms with Crippen LogP contribution in [0.5, 0.6) is 11.5 Å². The Kier molecular flexibility index (Phi) is 7.04. The van der Waals surface area contributed by atoms with Crippen molar-refractivity contribution in [3.8, 4) is 11.5 Å². The van der Waals surface area contributed by atoms with Crippen LogP contribution >= 0.6 is 0 Å². The van der Waals surface area contributed by atoms with Gasteiger partial charge in [-0.05, 0) is 41.3 Å². The highest BCUT2D eigenvalue weighted by Crippen LogP contribution is 2.23. The molecule has 1 amide bonds. The van der Waals surface area contributed by atoms with E-state index in [1.165, 1.54) is 0 Å². The number of carbonyl (C=O) groups is 1. The highest BCUT2D eigenvalue weighted by atomic mass is 16.5. The molecule has 0 aromatic heterocycles. The number of aliphatic hydroxyl groups excluding tert-OH is 1.